The normalized spacial score (nSPS) is 11.2. The molecule has 0 saturated carbocycles. The lowest BCUT2D eigenvalue weighted by Crippen LogP contribution is -1.84. The average Bonchev–Trinajstić information content (AvgIpc) is 1.82. The summed E-state index contributed by atoms with van der Waals surface area (Å²) < 4.78 is 16.8. The van der Waals surface area contributed by atoms with E-state index in [0.29, 0.717) is 0 Å². The van der Waals surface area contributed by atoms with Gasteiger partial charge in [0.1, 0.15) is 5.76 Å². The molecule has 0 aromatic carbocycles. The Morgan fingerprint density at radius 3 is 2.44 bits per heavy atom. The molecule has 0 fully saturated rings. The zero-order valence-corrected chi connectivity index (χ0v) is 5.78. The molecule has 0 unspecified atom stereocenters. The third-order valence-corrected chi connectivity index (χ3v) is 0.877. The summed E-state index contributed by atoms with van der Waals surface area (Å²) in [6.45, 7) is 4.99. The van der Waals surface area contributed by atoms with Crippen LogP contribution in [-0.2, 0) is 4.74 Å². The Bertz CT molecular complexity index is 127. The smallest absolute Gasteiger partial charge is 0.157 e. The summed E-state index contributed by atoms with van der Waals surface area (Å²) in [6, 6.07) is 0. The molecule has 0 amide bonds. The van der Waals surface area contributed by atoms with Crippen LogP contribution in [0.5, 0.6) is 0 Å². The molecule has 0 atom stereocenters. The molecule has 2 heteroatoms. The molecule has 0 rings (SSSR count). The van der Waals surface area contributed by atoms with Gasteiger partial charge in [-0.05, 0) is 12.5 Å². The Morgan fingerprint density at radius 2 is 2.33 bits per heavy atom. The van der Waals surface area contributed by atoms with Gasteiger partial charge in [-0.2, -0.15) is 0 Å². The number of methoxy groups -OCH3 is 1. The monoisotopic (exact) mass is 130 g/mol. The Morgan fingerprint density at radius 1 is 1.78 bits per heavy atom. The van der Waals surface area contributed by atoms with Gasteiger partial charge in [0, 0.05) is 0 Å². The van der Waals surface area contributed by atoms with Crippen molar-refractivity contribution in [2.75, 3.05) is 7.11 Å². The number of hydrogen-bond donors (Lipinski definition) is 0. The van der Waals surface area contributed by atoms with E-state index in [2.05, 4.69) is 11.3 Å². The highest BCUT2D eigenvalue weighted by Gasteiger charge is 1.96. The number of hydrogen-bond acceptors (Lipinski definition) is 1. The van der Waals surface area contributed by atoms with Crippen LogP contribution >= 0.6 is 0 Å². The maximum atomic E-state index is 12.2. The van der Waals surface area contributed by atoms with Crippen LogP contribution in [0.1, 0.15) is 13.3 Å². The standard InChI is InChI=1S/C7H11FO/c1-4-5-7(9-3)6(2)8/h5H,2,4H2,1,3H3/b7-5+. The van der Waals surface area contributed by atoms with Gasteiger partial charge in [-0.1, -0.05) is 13.5 Å². The zero-order valence-electron chi connectivity index (χ0n) is 5.78. The van der Waals surface area contributed by atoms with Crippen molar-refractivity contribution in [3.63, 3.8) is 0 Å². The Hall–Kier alpha value is -0.790. The van der Waals surface area contributed by atoms with Crippen LogP contribution in [0.4, 0.5) is 4.39 Å². The summed E-state index contributed by atoms with van der Waals surface area (Å²) in [4.78, 5) is 0. The van der Waals surface area contributed by atoms with E-state index in [4.69, 9.17) is 0 Å². The topological polar surface area (TPSA) is 9.23 Å². The van der Waals surface area contributed by atoms with Crippen molar-refractivity contribution >= 4 is 0 Å². The van der Waals surface area contributed by atoms with E-state index in [0.717, 1.165) is 6.42 Å². The van der Waals surface area contributed by atoms with E-state index < -0.39 is 5.83 Å². The average molecular weight is 130 g/mol. The van der Waals surface area contributed by atoms with E-state index in [1.54, 1.807) is 6.08 Å². The molecule has 0 radical (unpaired) electrons. The number of allylic oxidation sites excluding steroid dienone is 2. The van der Waals surface area contributed by atoms with Gasteiger partial charge in [0.2, 0.25) is 0 Å². The van der Waals surface area contributed by atoms with Gasteiger partial charge in [-0.25, -0.2) is 4.39 Å². The van der Waals surface area contributed by atoms with Crippen molar-refractivity contribution in [3.05, 3.63) is 24.2 Å². The highest BCUT2D eigenvalue weighted by Crippen LogP contribution is 2.09. The molecule has 0 aromatic heterocycles. The third kappa shape index (κ3) is 2.90. The predicted octanol–water partition coefficient (Wildman–Crippen LogP) is 2.41. The van der Waals surface area contributed by atoms with Crippen molar-refractivity contribution in [1.82, 2.24) is 0 Å². The first kappa shape index (κ1) is 8.21. The van der Waals surface area contributed by atoms with Gasteiger partial charge in [0.15, 0.2) is 5.83 Å². The lowest BCUT2D eigenvalue weighted by atomic mass is 10.3. The number of rotatable bonds is 3. The minimum Gasteiger partial charge on any atom is -0.494 e. The number of halogens is 1. The van der Waals surface area contributed by atoms with Crippen molar-refractivity contribution in [2.45, 2.75) is 13.3 Å². The Kier molecular flexibility index (Phi) is 3.76. The second-order valence-electron chi connectivity index (χ2n) is 1.59. The van der Waals surface area contributed by atoms with Crippen LogP contribution in [0, 0.1) is 0 Å². The molecule has 0 N–H and O–H groups in total. The molecule has 52 valence electrons. The molecule has 0 aliphatic carbocycles. The second-order valence-corrected chi connectivity index (χ2v) is 1.59. The van der Waals surface area contributed by atoms with Gasteiger partial charge < -0.3 is 4.74 Å². The predicted molar refractivity (Wildman–Crippen MR) is 35.6 cm³/mol. The summed E-state index contributed by atoms with van der Waals surface area (Å²) in [5.74, 6) is -0.281. The molecule has 9 heavy (non-hydrogen) atoms. The lowest BCUT2D eigenvalue weighted by Gasteiger charge is -1.99. The first-order valence-electron chi connectivity index (χ1n) is 2.81. The van der Waals surface area contributed by atoms with Crippen molar-refractivity contribution in [1.29, 1.82) is 0 Å². The molecule has 0 aliphatic rings. The van der Waals surface area contributed by atoms with Gasteiger partial charge >= 0.3 is 0 Å². The van der Waals surface area contributed by atoms with E-state index in [9.17, 15) is 4.39 Å². The molecule has 0 saturated heterocycles. The van der Waals surface area contributed by atoms with E-state index in [-0.39, 0.29) is 5.76 Å². The fourth-order valence-corrected chi connectivity index (χ4v) is 0.490. The molecular weight excluding hydrogens is 119 g/mol. The maximum Gasteiger partial charge on any atom is 0.157 e. The molecule has 0 spiro atoms. The largest absolute Gasteiger partial charge is 0.494 e. The van der Waals surface area contributed by atoms with Crippen molar-refractivity contribution in [2.24, 2.45) is 0 Å². The van der Waals surface area contributed by atoms with Crippen molar-refractivity contribution < 1.29 is 9.13 Å². The lowest BCUT2D eigenvalue weighted by molar-refractivity contribution is 0.282. The first-order valence-corrected chi connectivity index (χ1v) is 2.81. The molecule has 0 aliphatic heterocycles. The minimum atomic E-state index is -0.514. The molecule has 0 heterocycles. The molecule has 1 nitrogen and oxygen atoms in total. The van der Waals surface area contributed by atoms with Crippen molar-refractivity contribution in [3.8, 4) is 0 Å². The summed E-state index contributed by atoms with van der Waals surface area (Å²) in [5.41, 5.74) is 0. The first-order chi connectivity index (χ1) is 4.22. The van der Waals surface area contributed by atoms with Gasteiger partial charge in [-0.3, -0.25) is 0 Å². The van der Waals surface area contributed by atoms with E-state index >= 15 is 0 Å². The SMILES string of the molecule is C=C(F)/C(=C\CC)OC. The van der Waals surface area contributed by atoms with E-state index in [1.807, 2.05) is 6.92 Å². The maximum absolute atomic E-state index is 12.2. The summed E-state index contributed by atoms with van der Waals surface area (Å²) in [5, 5.41) is 0. The van der Waals surface area contributed by atoms with Crippen LogP contribution < -0.4 is 0 Å². The summed E-state index contributed by atoms with van der Waals surface area (Å²) >= 11 is 0. The zero-order chi connectivity index (χ0) is 7.28. The number of ether oxygens (including phenoxy) is 1. The van der Waals surface area contributed by atoms with Gasteiger partial charge in [-0.15, -0.1) is 0 Å². The fraction of sp³-hybridized carbons (Fsp3) is 0.429. The van der Waals surface area contributed by atoms with Crippen LogP contribution in [0.2, 0.25) is 0 Å². The van der Waals surface area contributed by atoms with Crippen LogP contribution in [-0.4, -0.2) is 7.11 Å². The third-order valence-electron chi connectivity index (χ3n) is 0.877. The van der Waals surface area contributed by atoms with Gasteiger partial charge in [0.25, 0.3) is 0 Å². The quantitative estimate of drug-likeness (QED) is 0.421. The highest BCUT2D eigenvalue weighted by atomic mass is 19.1. The Balaban J connectivity index is 3.98. The van der Waals surface area contributed by atoms with Crippen LogP contribution in [0.3, 0.4) is 0 Å². The molecule has 0 aromatic rings. The van der Waals surface area contributed by atoms with Crippen LogP contribution in [0.15, 0.2) is 24.2 Å². The van der Waals surface area contributed by atoms with Gasteiger partial charge in [0.05, 0.1) is 7.11 Å². The molecule has 0 bridgehead atoms. The highest BCUT2D eigenvalue weighted by molar-refractivity contribution is 5.14. The minimum absolute atomic E-state index is 0.234. The fourth-order valence-electron chi connectivity index (χ4n) is 0.490. The summed E-state index contributed by atoms with van der Waals surface area (Å²) in [6.07, 6.45) is 2.40. The second kappa shape index (κ2) is 4.13. The van der Waals surface area contributed by atoms with Crippen LogP contribution in [0.25, 0.3) is 0 Å². The van der Waals surface area contributed by atoms with E-state index in [1.165, 1.54) is 7.11 Å². The summed E-state index contributed by atoms with van der Waals surface area (Å²) in [7, 11) is 1.42. The molecular formula is C7H11FO. The Labute approximate surface area is 54.8 Å².